The first-order chi connectivity index (χ1) is 14.6. The molecule has 2 aromatic carbocycles. The standard InChI is InChI=1S/C24H32FN3O2/c1-3-26-24(28(2)17-20-8-10-22(25)11-9-20)27-16-19-4-6-21(7-5-19)18-30-23-12-14-29-15-13-23/h4-11,23H,3,12-18H2,1-2H3,(H,26,27). The lowest BCUT2D eigenvalue weighted by Gasteiger charge is -2.22. The van der Waals surface area contributed by atoms with E-state index < -0.39 is 0 Å². The minimum Gasteiger partial charge on any atom is -0.381 e. The molecule has 5 nitrogen and oxygen atoms in total. The summed E-state index contributed by atoms with van der Waals surface area (Å²) in [6.07, 6.45) is 2.26. The molecule has 1 saturated heterocycles. The molecule has 0 spiro atoms. The van der Waals surface area contributed by atoms with Gasteiger partial charge in [0, 0.05) is 33.4 Å². The summed E-state index contributed by atoms with van der Waals surface area (Å²) in [4.78, 5) is 6.81. The van der Waals surface area contributed by atoms with Gasteiger partial charge in [-0.15, -0.1) is 0 Å². The number of hydrogen-bond acceptors (Lipinski definition) is 3. The Kier molecular flexibility index (Phi) is 8.66. The second kappa shape index (κ2) is 11.7. The van der Waals surface area contributed by atoms with Gasteiger partial charge >= 0.3 is 0 Å². The van der Waals surface area contributed by atoms with Gasteiger partial charge in [-0.1, -0.05) is 36.4 Å². The summed E-state index contributed by atoms with van der Waals surface area (Å²) in [7, 11) is 1.99. The molecule has 2 aromatic rings. The van der Waals surface area contributed by atoms with Crippen molar-refractivity contribution in [3.05, 3.63) is 71.0 Å². The van der Waals surface area contributed by atoms with Crippen LogP contribution in [0.1, 0.15) is 36.5 Å². The van der Waals surface area contributed by atoms with E-state index in [0.29, 0.717) is 25.8 Å². The molecule has 0 aromatic heterocycles. The fourth-order valence-corrected chi connectivity index (χ4v) is 3.37. The van der Waals surface area contributed by atoms with E-state index in [0.717, 1.165) is 49.7 Å². The van der Waals surface area contributed by atoms with Crippen LogP contribution in [0, 0.1) is 5.82 Å². The lowest BCUT2D eigenvalue weighted by molar-refractivity contribution is -0.0390. The van der Waals surface area contributed by atoms with E-state index in [1.165, 1.54) is 17.7 Å². The number of rotatable bonds is 8. The van der Waals surface area contributed by atoms with Crippen LogP contribution in [0.2, 0.25) is 0 Å². The first kappa shape index (κ1) is 22.2. The van der Waals surface area contributed by atoms with Crippen molar-refractivity contribution >= 4 is 5.96 Å². The van der Waals surface area contributed by atoms with Crippen LogP contribution >= 0.6 is 0 Å². The predicted molar refractivity (Wildman–Crippen MR) is 118 cm³/mol. The Balaban J connectivity index is 1.53. The minimum atomic E-state index is -0.219. The predicted octanol–water partition coefficient (Wildman–Crippen LogP) is 4.12. The smallest absolute Gasteiger partial charge is 0.194 e. The third kappa shape index (κ3) is 7.11. The molecule has 0 aliphatic carbocycles. The molecule has 0 atom stereocenters. The van der Waals surface area contributed by atoms with Crippen LogP contribution < -0.4 is 5.32 Å². The fourth-order valence-electron chi connectivity index (χ4n) is 3.37. The van der Waals surface area contributed by atoms with Crippen LogP contribution in [0.3, 0.4) is 0 Å². The van der Waals surface area contributed by atoms with E-state index in [-0.39, 0.29) is 5.82 Å². The van der Waals surface area contributed by atoms with E-state index in [1.54, 1.807) is 12.1 Å². The molecular weight excluding hydrogens is 381 g/mol. The molecule has 0 radical (unpaired) electrons. The maximum atomic E-state index is 13.1. The Hall–Kier alpha value is -2.44. The first-order valence-electron chi connectivity index (χ1n) is 10.6. The first-order valence-corrected chi connectivity index (χ1v) is 10.6. The van der Waals surface area contributed by atoms with Gasteiger partial charge in [0.1, 0.15) is 5.82 Å². The Labute approximate surface area is 178 Å². The maximum absolute atomic E-state index is 13.1. The number of nitrogens with one attached hydrogen (secondary N) is 1. The molecule has 1 aliphatic rings. The highest BCUT2D eigenvalue weighted by molar-refractivity contribution is 5.79. The SMILES string of the molecule is CCNC(=NCc1ccc(COC2CCOCC2)cc1)N(C)Cc1ccc(F)cc1. The number of ether oxygens (including phenoxy) is 2. The van der Waals surface area contributed by atoms with Crippen LogP contribution in [0.25, 0.3) is 0 Å². The molecule has 1 heterocycles. The van der Waals surface area contributed by atoms with Gasteiger partial charge in [0.2, 0.25) is 0 Å². The minimum absolute atomic E-state index is 0.219. The Morgan fingerprint density at radius 2 is 1.70 bits per heavy atom. The van der Waals surface area contributed by atoms with Crippen molar-refractivity contribution in [3.8, 4) is 0 Å². The molecule has 162 valence electrons. The van der Waals surface area contributed by atoms with Gasteiger partial charge in [0.15, 0.2) is 5.96 Å². The van der Waals surface area contributed by atoms with Gasteiger partial charge in [-0.3, -0.25) is 0 Å². The van der Waals surface area contributed by atoms with Gasteiger partial charge in [0.05, 0.1) is 19.3 Å². The molecule has 6 heteroatoms. The summed E-state index contributed by atoms with van der Waals surface area (Å²) >= 11 is 0. The molecule has 30 heavy (non-hydrogen) atoms. The van der Waals surface area contributed by atoms with Crippen LogP contribution in [0.15, 0.2) is 53.5 Å². The van der Waals surface area contributed by atoms with Crippen molar-refractivity contribution in [2.45, 2.75) is 45.6 Å². The van der Waals surface area contributed by atoms with E-state index >= 15 is 0 Å². The Morgan fingerprint density at radius 3 is 2.37 bits per heavy atom. The van der Waals surface area contributed by atoms with E-state index in [4.69, 9.17) is 14.5 Å². The lowest BCUT2D eigenvalue weighted by atomic mass is 10.1. The largest absolute Gasteiger partial charge is 0.381 e. The lowest BCUT2D eigenvalue weighted by Crippen LogP contribution is -2.38. The summed E-state index contributed by atoms with van der Waals surface area (Å²) in [6, 6.07) is 15.0. The van der Waals surface area contributed by atoms with Crippen molar-refractivity contribution in [3.63, 3.8) is 0 Å². The topological polar surface area (TPSA) is 46.1 Å². The van der Waals surface area contributed by atoms with Crippen molar-refractivity contribution in [2.24, 2.45) is 4.99 Å². The number of aliphatic imine (C=N–C) groups is 1. The number of benzene rings is 2. The van der Waals surface area contributed by atoms with Gasteiger partial charge in [-0.25, -0.2) is 9.38 Å². The summed E-state index contributed by atoms with van der Waals surface area (Å²) < 4.78 is 24.5. The number of halogens is 1. The van der Waals surface area contributed by atoms with Crippen molar-refractivity contribution < 1.29 is 13.9 Å². The summed E-state index contributed by atoms with van der Waals surface area (Å²) in [6.45, 7) is 6.32. The number of nitrogens with zero attached hydrogens (tertiary/aromatic N) is 2. The molecule has 0 saturated carbocycles. The molecule has 0 bridgehead atoms. The monoisotopic (exact) mass is 413 g/mol. The van der Waals surface area contributed by atoms with Gasteiger partial charge < -0.3 is 19.7 Å². The fraction of sp³-hybridized carbons (Fsp3) is 0.458. The average Bonchev–Trinajstić information content (AvgIpc) is 2.78. The number of guanidine groups is 1. The van der Waals surface area contributed by atoms with Gasteiger partial charge in [0.25, 0.3) is 0 Å². The molecule has 0 amide bonds. The van der Waals surface area contributed by atoms with E-state index in [2.05, 4.69) is 36.5 Å². The Bertz CT molecular complexity index is 787. The third-order valence-electron chi connectivity index (χ3n) is 5.12. The van der Waals surface area contributed by atoms with E-state index in [9.17, 15) is 4.39 Å². The molecule has 0 unspecified atom stereocenters. The van der Waals surface area contributed by atoms with Gasteiger partial charge in [-0.05, 0) is 48.6 Å². The van der Waals surface area contributed by atoms with Crippen LogP contribution in [-0.4, -0.2) is 43.8 Å². The van der Waals surface area contributed by atoms with Crippen molar-refractivity contribution in [1.29, 1.82) is 0 Å². The quantitative estimate of drug-likeness (QED) is 0.522. The van der Waals surface area contributed by atoms with Gasteiger partial charge in [-0.2, -0.15) is 0 Å². The highest BCUT2D eigenvalue weighted by Gasteiger charge is 2.14. The Morgan fingerprint density at radius 1 is 1.07 bits per heavy atom. The molecule has 1 aliphatic heterocycles. The molecule has 1 fully saturated rings. The average molecular weight is 414 g/mol. The molecule has 1 N–H and O–H groups in total. The second-order valence-electron chi connectivity index (χ2n) is 7.59. The summed E-state index contributed by atoms with van der Waals surface area (Å²) in [5, 5.41) is 3.32. The van der Waals surface area contributed by atoms with Crippen molar-refractivity contribution in [1.82, 2.24) is 10.2 Å². The zero-order chi connectivity index (χ0) is 21.2. The van der Waals surface area contributed by atoms with Crippen molar-refractivity contribution in [2.75, 3.05) is 26.8 Å². The zero-order valence-electron chi connectivity index (χ0n) is 17.9. The highest BCUT2D eigenvalue weighted by Crippen LogP contribution is 2.14. The molecular formula is C24H32FN3O2. The number of hydrogen-bond donors (Lipinski definition) is 1. The molecule has 3 rings (SSSR count). The third-order valence-corrected chi connectivity index (χ3v) is 5.12. The van der Waals surface area contributed by atoms with Crippen LogP contribution in [0.4, 0.5) is 4.39 Å². The van der Waals surface area contributed by atoms with E-state index in [1.807, 2.05) is 11.9 Å². The maximum Gasteiger partial charge on any atom is 0.194 e. The highest BCUT2D eigenvalue weighted by atomic mass is 19.1. The van der Waals surface area contributed by atoms with Crippen LogP contribution in [0.5, 0.6) is 0 Å². The normalized spacial score (nSPS) is 15.2. The summed E-state index contributed by atoms with van der Waals surface area (Å²) in [5.74, 6) is 0.609. The summed E-state index contributed by atoms with van der Waals surface area (Å²) in [5.41, 5.74) is 3.36. The zero-order valence-corrected chi connectivity index (χ0v) is 17.9. The second-order valence-corrected chi connectivity index (χ2v) is 7.59. The van der Waals surface area contributed by atoms with Crippen LogP contribution in [-0.2, 0) is 29.2 Å².